The SMILES string of the molecule is Cc1cc([C@H](C)Oc2ccccc2C2(C#N)CCOCC2)c2cc(C3CCOCC3)c(C#N)nc2c1. The molecular weight excluding hydrogens is 450 g/mol. The summed E-state index contributed by atoms with van der Waals surface area (Å²) in [6.45, 7) is 6.63. The monoisotopic (exact) mass is 481 g/mol. The number of nitrogens with zero attached hydrogens (tertiary/aromatic N) is 3. The molecule has 2 fully saturated rings. The number of aryl methyl sites for hydroxylation is 1. The largest absolute Gasteiger partial charge is 0.486 e. The van der Waals surface area contributed by atoms with Gasteiger partial charge in [-0.1, -0.05) is 24.3 Å². The molecule has 6 nitrogen and oxygen atoms in total. The van der Waals surface area contributed by atoms with Gasteiger partial charge in [0.05, 0.1) is 17.0 Å². The van der Waals surface area contributed by atoms with Gasteiger partial charge < -0.3 is 14.2 Å². The molecule has 2 aromatic carbocycles. The molecule has 0 unspecified atom stereocenters. The summed E-state index contributed by atoms with van der Waals surface area (Å²) in [6.07, 6.45) is 2.81. The Kier molecular flexibility index (Phi) is 6.92. The first-order valence-corrected chi connectivity index (χ1v) is 12.7. The average molecular weight is 482 g/mol. The molecule has 3 aromatic rings. The van der Waals surface area contributed by atoms with Gasteiger partial charge >= 0.3 is 0 Å². The van der Waals surface area contributed by atoms with Gasteiger partial charge in [-0.05, 0) is 74.8 Å². The van der Waals surface area contributed by atoms with E-state index in [1.807, 2.05) is 44.2 Å². The third kappa shape index (κ3) is 4.55. The molecule has 0 aliphatic carbocycles. The van der Waals surface area contributed by atoms with Crippen molar-refractivity contribution in [3.05, 3.63) is 70.4 Å². The van der Waals surface area contributed by atoms with Crippen molar-refractivity contribution in [2.75, 3.05) is 26.4 Å². The minimum Gasteiger partial charge on any atom is -0.486 e. The summed E-state index contributed by atoms with van der Waals surface area (Å²) < 4.78 is 17.7. The van der Waals surface area contributed by atoms with E-state index in [2.05, 4.69) is 24.3 Å². The zero-order valence-corrected chi connectivity index (χ0v) is 20.9. The fraction of sp³-hybridized carbons (Fsp3) is 0.433. The predicted octanol–water partition coefficient (Wildman–Crippen LogP) is 6.02. The molecule has 0 saturated carbocycles. The quantitative estimate of drug-likeness (QED) is 0.443. The maximum atomic E-state index is 10.1. The van der Waals surface area contributed by atoms with Crippen molar-refractivity contribution in [1.29, 1.82) is 10.5 Å². The maximum Gasteiger partial charge on any atom is 0.144 e. The highest BCUT2D eigenvalue weighted by molar-refractivity contribution is 5.85. The van der Waals surface area contributed by atoms with Crippen molar-refractivity contribution >= 4 is 10.9 Å². The van der Waals surface area contributed by atoms with Crippen LogP contribution in [-0.2, 0) is 14.9 Å². The van der Waals surface area contributed by atoms with E-state index in [1.165, 1.54) is 0 Å². The number of aromatic nitrogens is 1. The van der Waals surface area contributed by atoms with Crippen LogP contribution in [0.2, 0.25) is 0 Å². The molecule has 6 heteroatoms. The van der Waals surface area contributed by atoms with Gasteiger partial charge in [-0.2, -0.15) is 10.5 Å². The van der Waals surface area contributed by atoms with Crippen LogP contribution >= 0.6 is 0 Å². The van der Waals surface area contributed by atoms with Crippen LogP contribution in [0.15, 0.2) is 42.5 Å². The molecule has 0 bridgehead atoms. The van der Waals surface area contributed by atoms with E-state index in [9.17, 15) is 10.5 Å². The molecule has 0 amide bonds. The first-order valence-electron chi connectivity index (χ1n) is 12.7. The molecule has 0 radical (unpaired) electrons. The number of para-hydroxylation sites is 1. The second-order valence-corrected chi connectivity index (χ2v) is 9.91. The first kappa shape index (κ1) is 24.3. The summed E-state index contributed by atoms with van der Waals surface area (Å²) in [5, 5.41) is 21.0. The Bertz CT molecular complexity index is 1340. The molecule has 2 aliphatic heterocycles. The summed E-state index contributed by atoms with van der Waals surface area (Å²) in [4.78, 5) is 4.78. The lowest BCUT2D eigenvalue weighted by Crippen LogP contribution is -2.32. The fourth-order valence-electron chi connectivity index (χ4n) is 5.59. The molecule has 0 N–H and O–H groups in total. The van der Waals surface area contributed by atoms with E-state index in [-0.39, 0.29) is 12.0 Å². The van der Waals surface area contributed by atoms with Gasteiger partial charge in [0, 0.05) is 42.9 Å². The number of pyridine rings is 1. The van der Waals surface area contributed by atoms with Crippen LogP contribution in [0.4, 0.5) is 0 Å². The summed E-state index contributed by atoms with van der Waals surface area (Å²) in [6, 6.07) is 19.1. The highest BCUT2D eigenvalue weighted by atomic mass is 16.5. The summed E-state index contributed by atoms with van der Waals surface area (Å²) >= 11 is 0. The van der Waals surface area contributed by atoms with E-state index in [1.54, 1.807) is 0 Å². The molecule has 3 heterocycles. The van der Waals surface area contributed by atoms with Crippen LogP contribution in [0.1, 0.15) is 72.6 Å². The average Bonchev–Trinajstić information content (AvgIpc) is 2.93. The van der Waals surface area contributed by atoms with Gasteiger partial charge in [-0.25, -0.2) is 4.98 Å². The van der Waals surface area contributed by atoms with Gasteiger partial charge in [0.1, 0.15) is 23.6 Å². The van der Waals surface area contributed by atoms with Crippen molar-refractivity contribution in [3.8, 4) is 17.9 Å². The number of nitriles is 2. The van der Waals surface area contributed by atoms with E-state index >= 15 is 0 Å². The number of hydrogen-bond donors (Lipinski definition) is 0. The van der Waals surface area contributed by atoms with Crippen molar-refractivity contribution < 1.29 is 14.2 Å². The third-order valence-corrected chi connectivity index (χ3v) is 7.61. The molecule has 36 heavy (non-hydrogen) atoms. The van der Waals surface area contributed by atoms with Crippen molar-refractivity contribution in [3.63, 3.8) is 0 Å². The van der Waals surface area contributed by atoms with E-state index < -0.39 is 5.41 Å². The molecule has 1 atom stereocenters. The number of fused-ring (bicyclic) bond motifs is 1. The Balaban J connectivity index is 1.56. The third-order valence-electron chi connectivity index (χ3n) is 7.61. The molecule has 2 saturated heterocycles. The lowest BCUT2D eigenvalue weighted by Gasteiger charge is -2.33. The van der Waals surface area contributed by atoms with Crippen molar-refractivity contribution in [2.45, 2.75) is 57.0 Å². The minimum atomic E-state index is -0.608. The van der Waals surface area contributed by atoms with Gasteiger partial charge in [0.15, 0.2) is 0 Å². The van der Waals surface area contributed by atoms with Gasteiger partial charge in [-0.15, -0.1) is 0 Å². The highest BCUT2D eigenvalue weighted by Gasteiger charge is 2.37. The normalized spacial score (nSPS) is 18.8. The molecular formula is C30H31N3O3. The number of benzene rings is 2. The Morgan fingerprint density at radius 3 is 2.47 bits per heavy atom. The topological polar surface area (TPSA) is 88.2 Å². The van der Waals surface area contributed by atoms with Crippen molar-refractivity contribution in [1.82, 2.24) is 4.98 Å². The van der Waals surface area contributed by atoms with Gasteiger partial charge in [-0.3, -0.25) is 0 Å². The Morgan fingerprint density at radius 2 is 1.75 bits per heavy atom. The number of rotatable bonds is 5. The van der Waals surface area contributed by atoms with E-state index in [0.29, 0.717) is 45.0 Å². The second-order valence-electron chi connectivity index (χ2n) is 9.91. The summed E-state index contributed by atoms with van der Waals surface area (Å²) in [5.74, 6) is 0.995. The molecule has 184 valence electrons. The van der Waals surface area contributed by atoms with E-state index in [4.69, 9.17) is 19.2 Å². The Labute approximate surface area is 212 Å². The zero-order valence-electron chi connectivity index (χ0n) is 20.9. The van der Waals surface area contributed by atoms with Crippen LogP contribution in [0.25, 0.3) is 10.9 Å². The van der Waals surface area contributed by atoms with Crippen LogP contribution in [0.3, 0.4) is 0 Å². The molecule has 5 rings (SSSR count). The predicted molar refractivity (Wildman–Crippen MR) is 137 cm³/mol. The highest BCUT2D eigenvalue weighted by Crippen LogP contribution is 2.41. The van der Waals surface area contributed by atoms with Crippen LogP contribution in [-0.4, -0.2) is 31.4 Å². The van der Waals surface area contributed by atoms with Crippen molar-refractivity contribution in [2.24, 2.45) is 0 Å². The first-order chi connectivity index (χ1) is 17.5. The fourth-order valence-corrected chi connectivity index (χ4v) is 5.59. The molecule has 0 spiro atoms. The maximum absolute atomic E-state index is 10.1. The standard InChI is InChI=1S/C30H31N3O3/c1-20-15-23(25-17-24(22-7-11-34-12-8-22)28(18-31)33-27(25)16-20)21(2)36-29-6-4-3-5-26(29)30(19-32)9-13-35-14-10-30/h3-6,15-17,21-22H,7-14H2,1-2H3/t21-/m0/s1. The van der Waals surface area contributed by atoms with Crippen LogP contribution < -0.4 is 4.74 Å². The minimum absolute atomic E-state index is 0.264. The van der Waals surface area contributed by atoms with Crippen LogP contribution in [0, 0.1) is 29.6 Å². The summed E-state index contributed by atoms with van der Waals surface area (Å²) in [7, 11) is 0. The number of ether oxygens (including phenoxy) is 3. The van der Waals surface area contributed by atoms with Gasteiger partial charge in [0.25, 0.3) is 0 Å². The Morgan fingerprint density at radius 1 is 1.03 bits per heavy atom. The Hall–Kier alpha value is -3.45. The van der Waals surface area contributed by atoms with E-state index in [0.717, 1.165) is 51.7 Å². The zero-order chi connectivity index (χ0) is 25.1. The second kappa shape index (κ2) is 10.3. The van der Waals surface area contributed by atoms with Gasteiger partial charge in [0.2, 0.25) is 0 Å². The summed E-state index contributed by atoms with van der Waals surface area (Å²) in [5.41, 5.74) is 4.71. The van der Waals surface area contributed by atoms with Crippen LogP contribution in [0.5, 0.6) is 5.75 Å². The lowest BCUT2D eigenvalue weighted by atomic mass is 9.75. The number of hydrogen-bond acceptors (Lipinski definition) is 6. The smallest absolute Gasteiger partial charge is 0.144 e. The lowest BCUT2D eigenvalue weighted by molar-refractivity contribution is 0.0661. The molecule has 2 aliphatic rings. The molecule has 1 aromatic heterocycles.